The average molecular weight is 295 g/mol. The van der Waals surface area contributed by atoms with Crippen molar-refractivity contribution in [3.05, 3.63) is 30.1 Å². The molecule has 1 saturated heterocycles. The molecule has 0 saturated carbocycles. The number of furan rings is 1. The van der Waals surface area contributed by atoms with Crippen molar-refractivity contribution in [3.8, 4) is 0 Å². The van der Waals surface area contributed by atoms with E-state index < -0.39 is 0 Å². The number of rotatable bonds is 2. The molecule has 1 aromatic carbocycles. The Kier molecular flexibility index (Phi) is 3.25. The van der Waals surface area contributed by atoms with Crippen LogP contribution in [0.25, 0.3) is 22.1 Å². The van der Waals surface area contributed by atoms with Gasteiger partial charge in [0.1, 0.15) is 16.9 Å². The molecule has 0 bridgehead atoms. The number of anilines is 1. The van der Waals surface area contributed by atoms with Crippen molar-refractivity contribution in [2.45, 2.75) is 33.1 Å². The number of aromatic nitrogens is 2. The summed E-state index contributed by atoms with van der Waals surface area (Å²) < 4.78 is 6.10. The van der Waals surface area contributed by atoms with Crippen molar-refractivity contribution in [1.29, 1.82) is 0 Å². The van der Waals surface area contributed by atoms with Crippen LogP contribution in [0.1, 0.15) is 32.5 Å². The van der Waals surface area contributed by atoms with Crippen LogP contribution in [0.2, 0.25) is 0 Å². The van der Waals surface area contributed by atoms with Crippen LogP contribution in [0.15, 0.2) is 28.7 Å². The maximum absolute atomic E-state index is 6.10. The Labute approximate surface area is 130 Å². The highest BCUT2D eigenvalue weighted by molar-refractivity contribution is 6.05. The van der Waals surface area contributed by atoms with Gasteiger partial charge in [0.2, 0.25) is 0 Å². The van der Waals surface area contributed by atoms with Crippen LogP contribution in [0.3, 0.4) is 0 Å². The van der Waals surface area contributed by atoms with Gasteiger partial charge >= 0.3 is 0 Å². The molecule has 4 rings (SSSR count). The number of aryl methyl sites for hydroxylation is 1. The van der Waals surface area contributed by atoms with Crippen molar-refractivity contribution in [2.75, 3.05) is 18.0 Å². The van der Waals surface area contributed by atoms with E-state index in [1.54, 1.807) is 0 Å². The van der Waals surface area contributed by atoms with Crippen molar-refractivity contribution in [2.24, 2.45) is 5.92 Å². The van der Waals surface area contributed by atoms with E-state index in [4.69, 9.17) is 14.4 Å². The topological polar surface area (TPSA) is 42.2 Å². The number of nitrogens with zero attached hydrogens (tertiary/aromatic N) is 3. The van der Waals surface area contributed by atoms with E-state index in [-0.39, 0.29) is 0 Å². The average Bonchev–Trinajstić information content (AvgIpc) is 2.92. The monoisotopic (exact) mass is 295 g/mol. The molecule has 4 heteroatoms. The van der Waals surface area contributed by atoms with Gasteiger partial charge in [0.25, 0.3) is 0 Å². The Morgan fingerprint density at radius 1 is 1.27 bits per heavy atom. The summed E-state index contributed by atoms with van der Waals surface area (Å²) >= 11 is 0. The van der Waals surface area contributed by atoms with Gasteiger partial charge in [0.05, 0.1) is 0 Å². The van der Waals surface area contributed by atoms with E-state index in [1.165, 1.54) is 12.8 Å². The van der Waals surface area contributed by atoms with Crippen LogP contribution in [0, 0.1) is 5.92 Å². The van der Waals surface area contributed by atoms with Crippen LogP contribution in [-0.4, -0.2) is 23.1 Å². The first-order chi connectivity index (χ1) is 10.8. The smallest absolute Gasteiger partial charge is 0.196 e. The van der Waals surface area contributed by atoms with Gasteiger partial charge in [-0.15, -0.1) is 0 Å². The first-order valence-corrected chi connectivity index (χ1v) is 8.19. The lowest BCUT2D eigenvalue weighted by atomic mass is 10.0. The maximum atomic E-state index is 6.10. The van der Waals surface area contributed by atoms with Gasteiger partial charge < -0.3 is 9.32 Å². The quantitative estimate of drug-likeness (QED) is 0.711. The summed E-state index contributed by atoms with van der Waals surface area (Å²) in [6, 6.07) is 8.12. The second kappa shape index (κ2) is 5.27. The summed E-state index contributed by atoms with van der Waals surface area (Å²) in [6.07, 6.45) is 3.35. The van der Waals surface area contributed by atoms with Gasteiger partial charge in [-0.1, -0.05) is 26.0 Å². The second-order valence-electron chi connectivity index (χ2n) is 6.29. The number of hydrogen-bond acceptors (Lipinski definition) is 4. The van der Waals surface area contributed by atoms with Gasteiger partial charge in [0.15, 0.2) is 11.4 Å². The van der Waals surface area contributed by atoms with Crippen molar-refractivity contribution < 1.29 is 4.42 Å². The third-order valence-corrected chi connectivity index (χ3v) is 4.52. The van der Waals surface area contributed by atoms with Gasteiger partial charge in [-0.3, -0.25) is 0 Å². The number of hydrogen-bond donors (Lipinski definition) is 0. The second-order valence-corrected chi connectivity index (χ2v) is 6.29. The SMILES string of the molecule is CCc1nc(N2CCC[C@H](C)C2)c2oc3ccccc3c2n1. The molecule has 114 valence electrons. The van der Waals surface area contributed by atoms with Crippen LogP contribution >= 0.6 is 0 Å². The minimum absolute atomic E-state index is 0.702. The number of piperidine rings is 1. The van der Waals surface area contributed by atoms with Crippen LogP contribution in [-0.2, 0) is 6.42 Å². The van der Waals surface area contributed by atoms with Crippen molar-refractivity contribution in [1.82, 2.24) is 9.97 Å². The van der Waals surface area contributed by atoms with Crippen LogP contribution in [0.5, 0.6) is 0 Å². The highest BCUT2D eigenvalue weighted by Crippen LogP contribution is 2.34. The van der Waals surface area contributed by atoms with Crippen LogP contribution in [0.4, 0.5) is 5.82 Å². The molecule has 3 heterocycles. The van der Waals surface area contributed by atoms with E-state index in [0.29, 0.717) is 5.92 Å². The fourth-order valence-electron chi connectivity index (χ4n) is 3.38. The molecular formula is C18H21N3O. The number of para-hydroxylation sites is 1. The summed E-state index contributed by atoms with van der Waals surface area (Å²) in [5.41, 5.74) is 2.69. The fourth-order valence-corrected chi connectivity index (χ4v) is 3.38. The van der Waals surface area contributed by atoms with Gasteiger partial charge in [0, 0.05) is 24.9 Å². The third-order valence-electron chi connectivity index (χ3n) is 4.52. The molecule has 1 fully saturated rings. The molecule has 0 unspecified atom stereocenters. The fraction of sp³-hybridized carbons (Fsp3) is 0.444. The Bertz CT molecular complexity index is 824. The van der Waals surface area contributed by atoms with Crippen molar-refractivity contribution >= 4 is 27.9 Å². The Balaban J connectivity index is 1.95. The maximum Gasteiger partial charge on any atom is 0.196 e. The Morgan fingerprint density at radius 3 is 2.95 bits per heavy atom. The molecule has 4 nitrogen and oxygen atoms in total. The van der Waals surface area contributed by atoms with Gasteiger partial charge in [-0.05, 0) is 30.9 Å². The van der Waals surface area contributed by atoms with E-state index in [1.807, 2.05) is 18.2 Å². The van der Waals surface area contributed by atoms with Gasteiger partial charge in [-0.2, -0.15) is 0 Å². The molecule has 0 aliphatic carbocycles. The molecule has 0 spiro atoms. The normalized spacial score (nSPS) is 19.2. The molecule has 0 amide bonds. The zero-order chi connectivity index (χ0) is 15.1. The molecule has 1 atom stereocenters. The molecule has 0 N–H and O–H groups in total. The molecule has 0 radical (unpaired) electrons. The Morgan fingerprint density at radius 2 is 2.14 bits per heavy atom. The number of benzene rings is 1. The number of fused-ring (bicyclic) bond motifs is 3. The van der Waals surface area contributed by atoms with E-state index in [0.717, 1.165) is 53.2 Å². The molecule has 22 heavy (non-hydrogen) atoms. The molecular weight excluding hydrogens is 274 g/mol. The highest BCUT2D eigenvalue weighted by atomic mass is 16.3. The zero-order valence-corrected chi connectivity index (χ0v) is 13.2. The van der Waals surface area contributed by atoms with E-state index in [9.17, 15) is 0 Å². The summed E-state index contributed by atoms with van der Waals surface area (Å²) in [5, 5.41) is 1.08. The summed E-state index contributed by atoms with van der Waals surface area (Å²) in [7, 11) is 0. The minimum Gasteiger partial charge on any atom is -0.450 e. The third kappa shape index (κ3) is 2.14. The first kappa shape index (κ1) is 13.6. The minimum atomic E-state index is 0.702. The summed E-state index contributed by atoms with van der Waals surface area (Å²) in [6.45, 7) is 6.51. The lowest BCUT2D eigenvalue weighted by Crippen LogP contribution is -2.35. The lowest BCUT2D eigenvalue weighted by Gasteiger charge is -2.31. The largest absolute Gasteiger partial charge is 0.450 e. The molecule has 1 aliphatic rings. The van der Waals surface area contributed by atoms with Crippen LogP contribution < -0.4 is 4.90 Å². The van der Waals surface area contributed by atoms with E-state index in [2.05, 4.69) is 24.8 Å². The predicted octanol–water partition coefficient (Wildman–Crippen LogP) is 4.17. The van der Waals surface area contributed by atoms with Crippen molar-refractivity contribution in [3.63, 3.8) is 0 Å². The highest BCUT2D eigenvalue weighted by Gasteiger charge is 2.23. The zero-order valence-electron chi connectivity index (χ0n) is 13.2. The van der Waals surface area contributed by atoms with E-state index >= 15 is 0 Å². The Hall–Kier alpha value is -2.10. The standard InChI is InChI=1S/C18H21N3O/c1-3-15-19-16-13-8-4-5-9-14(13)22-17(16)18(20-15)21-10-6-7-12(2)11-21/h4-5,8-9,12H,3,6-7,10-11H2,1-2H3/t12-/m0/s1. The first-order valence-electron chi connectivity index (χ1n) is 8.19. The summed E-state index contributed by atoms with van der Waals surface area (Å²) in [5.74, 6) is 2.57. The predicted molar refractivity (Wildman–Crippen MR) is 89.3 cm³/mol. The molecule has 1 aliphatic heterocycles. The lowest BCUT2D eigenvalue weighted by molar-refractivity contribution is 0.443. The summed E-state index contributed by atoms with van der Waals surface area (Å²) in [4.78, 5) is 11.9. The van der Waals surface area contributed by atoms with Gasteiger partial charge in [-0.25, -0.2) is 9.97 Å². The molecule has 3 aromatic rings. The molecule has 2 aromatic heterocycles.